The maximum Gasteiger partial charge on any atom is 0.254 e. The number of hydrogen-bond donors (Lipinski definition) is 1. The second-order valence-electron chi connectivity index (χ2n) is 8.79. The number of aromatic nitrogens is 1. The van der Waals surface area contributed by atoms with Gasteiger partial charge in [-0.05, 0) is 57.2 Å². The first kappa shape index (κ1) is 21.3. The van der Waals surface area contributed by atoms with Gasteiger partial charge in [0.25, 0.3) is 5.91 Å². The van der Waals surface area contributed by atoms with Crippen molar-refractivity contribution >= 4 is 11.8 Å². The highest BCUT2D eigenvalue weighted by atomic mass is 16.5. The Morgan fingerprint density at radius 3 is 2.68 bits per heavy atom. The standard InChI is InChI=1S/C25H31N3O3/c1-17(2)31-24-20(12-8-14-26-24)16-27-23(29)22-15-19-11-6-7-13-21(19)28(22)25(30)18-9-4-3-5-10-18/h3-5,8-10,12,14,17,19,21-22H,6-7,11,13,15-16H2,1-2H3,(H,27,29). The molecule has 1 aliphatic carbocycles. The fourth-order valence-electron chi connectivity index (χ4n) is 4.90. The predicted octanol–water partition coefficient (Wildman–Crippen LogP) is 3.96. The SMILES string of the molecule is CC(C)Oc1ncccc1CNC(=O)C1CC2CCCCC2N1C(=O)c1ccccc1. The molecule has 6 nitrogen and oxygen atoms in total. The number of pyridine rings is 1. The Balaban J connectivity index is 1.51. The van der Waals surface area contributed by atoms with E-state index in [1.54, 1.807) is 6.20 Å². The Kier molecular flexibility index (Phi) is 6.54. The number of carbonyl (C=O) groups is 2. The third kappa shape index (κ3) is 4.73. The number of ether oxygens (including phenoxy) is 1. The number of amides is 2. The van der Waals surface area contributed by atoms with E-state index in [2.05, 4.69) is 10.3 Å². The first-order valence-electron chi connectivity index (χ1n) is 11.3. The Hall–Kier alpha value is -2.89. The maximum absolute atomic E-state index is 13.4. The third-order valence-corrected chi connectivity index (χ3v) is 6.30. The van der Waals surface area contributed by atoms with E-state index >= 15 is 0 Å². The summed E-state index contributed by atoms with van der Waals surface area (Å²) in [5.41, 5.74) is 1.48. The Labute approximate surface area is 184 Å². The molecule has 0 radical (unpaired) electrons. The molecule has 31 heavy (non-hydrogen) atoms. The predicted molar refractivity (Wildman–Crippen MR) is 119 cm³/mol. The molecule has 2 amide bonds. The minimum absolute atomic E-state index is 0.00120. The Bertz CT molecular complexity index is 915. The lowest BCUT2D eigenvalue weighted by molar-refractivity contribution is -0.125. The van der Waals surface area contributed by atoms with Crippen molar-refractivity contribution in [3.63, 3.8) is 0 Å². The van der Waals surface area contributed by atoms with E-state index in [9.17, 15) is 9.59 Å². The molecule has 2 fully saturated rings. The van der Waals surface area contributed by atoms with Crippen LogP contribution in [0.15, 0.2) is 48.7 Å². The average Bonchev–Trinajstić information content (AvgIpc) is 3.18. The molecule has 1 aliphatic heterocycles. The van der Waals surface area contributed by atoms with Crippen molar-refractivity contribution in [2.75, 3.05) is 0 Å². The van der Waals surface area contributed by atoms with Crippen LogP contribution in [0.2, 0.25) is 0 Å². The number of carbonyl (C=O) groups excluding carboxylic acids is 2. The lowest BCUT2D eigenvalue weighted by atomic mass is 9.84. The van der Waals surface area contributed by atoms with Crippen molar-refractivity contribution in [3.05, 3.63) is 59.8 Å². The Morgan fingerprint density at radius 2 is 1.90 bits per heavy atom. The van der Waals surface area contributed by atoms with E-state index in [1.807, 2.05) is 61.2 Å². The van der Waals surface area contributed by atoms with Gasteiger partial charge >= 0.3 is 0 Å². The lowest BCUT2D eigenvalue weighted by Crippen LogP contribution is -2.49. The van der Waals surface area contributed by atoms with E-state index in [-0.39, 0.29) is 24.0 Å². The van der Waals surface area contributed by atoms with Gasteiger partial charge in [0.15, 0.2) is 0 Å². The fraction of sp³-hybridized carbons (Fsp3) is 0.480. The van der Waals surface area contributed by atoms with Crippen molar-refractivity contribution in [1.82, 2.24) is 15.2 Å². The van der Waals surface area contributed by atoms with Gasteiger partial charge in [-0.2, -0.15) is 0 Å². The molecule has 0 spiro atoms. The number of fused-ring (bicyclic) bond motifs is 1. The number of nitrogens with zero attached hydrogens (tertiary/aromatic N) is 2. The highest BCUT2D eigenvalue weighted by molar-refractivity contribution is 5.98. The van der Waals surface area contributed by atoms with E-state index < -0.39 is 6.04 Å². The van der Waals surface area contributed by atoms with E-state index in [1.165, 1.54) is 6.42 Å². The smallest absolute Gasteiger partial charge is 0.254 e. The summed E-state index contributed by atoms with van der Waals surface area (Å²) in [5.74, 6) is 0.795. The minimum Gasteiger partial charge on any atom is -0.475 e. The van der Waals surface area contributed by atoms with Gasteiger partial charge in [-0.15, -0.1) is 0 Å². The second kappa shape index (κ2) is 9.50. The summed E-state index contributed by atoms with van der Waals surface area (Å²) in [5, 5.41) is 3.05. The van der Waals surface area contributed by atoms with E-state index in [0.717, 1.165) is 31.2 Å². The molecule has 3 unspecified atom stereocenters. The van der Waals surface area contributed by atoms with Crippen LogP contribution < -0.4 is 10.1 Å². The normalized spacial score (nSPS) is 22.8. The van der Waals surface area contributed by atoms with Crippen LogP contribution in [-0.2, 0) is 11.3 Å². The number of hydrogen-bond acceptors (Lipinski definition) is 4. The zero-order valence-electron chi connectivity index (χ0n) is 18.3. The monoisotopic (exact) mass is 421 g/mol. The van der Waals surface area contributed by atoms with Gasteiger partial charge in [-0.25, -0.2) is 4.98 Å². The summed E-state index contributed by atoms with van der Waals surface area (Å²) >= 11 is 0. The van der Waals surface area contributed by atoms with Crippen molar-refractivity contribution in [2.45, 2.75) is 70.7 Å². The maximum atomic E-state index is 13.4. The van der Waals surface area contributed by atoms with Crippen LogP contribution in [0.3, 0.4) is 0 Å². The van der Waals surface area contributed by atoms with Gasteiger partial charge in [0, 0.05) is 29.9 Å². The summed E-state index contributed by atoms with van der Waals surface area (Å²) in [7, 11) is 0. The van der Waals surface area contributed by atoms with Crippen molar-refractivity contribution in [2.24, 2.45) is 5.92 Å². The molecule has 1 saturated carbocycles. The van der Waals surface area contributed by atoms with Crippen LogP contribution in [0.1, 0.15) is 61.9 Å². The molecule has 2 heterocycles. The lowest BCUT2D eigenvalue weighted by Gasteiger charge is -2.33. The number of nitrogens with one attached hydrogen (secondary N) is 1. The largest absolute Gasteiger partial charge is 0.475 e. The van der Waals surface area contributed by atoms with E-state index in [0.29, 0.717) is 23.9 Å². The second-order valence-corrected chi connectivity index (χ2v) is 8.79. The molecule has 1 aromatic carbocycles. The number of rotatable bonds is 6. The van der Waals surface area contributed by atoms with Gasteiger partial charge in [0.2, 0.25) is 11.8 Å². The van der Waals surface area contributed by atoms with Crippen molar-refractivity contribution in [1.29, 1.82) is 0 Å². The molecule has 1 aromatic heterocycles. The molecule has 164 valence electrons. The molecule has 1 saturated heterocycles. The van der Waals surface area contributed by atoms with Gasteiger partial charge in [0.1, 0.15) is 6.04 Å². The van der Waals surface area contributed by atoms with E-state index in [4.69, 9.17) is 4.74 Å². The molecular weight excluding hydrogens is 390 g/mol. The van der Waals surface area contributed by atoms with Gasteiger partial charge in [0.05, 0.1) is 6.10 Å². The fourth-order valence-corrected chi connectivity index (χ4v) is 4.90. The topological polar surface area (TPSA) is 71.5 Å². The highest BCUT2D eigenvalue weighted by Crippen LogP contribution is 2.40. The quantitative estimate of drug-likeness (QED) is 0.766. The van der Waals surface area contributed by atoms with Gasteiger partial charge < -0.3 is 15.0 Å². The van der Waals surface area contributed by atoms with Crippen LogP contribution in [-0.4, -0.2) is 39.9 Å². The molecule has 3 atom stereocenters. The van der Waals surface area contributed by atoms with Crippen LogP contribution in [0.5, 0.6) is 5.88 Å². The summed E-state index contributed by atoms with van der Waals surface area (Å²) in [6.07, 6.45) is 6.77. The minimum atomic E-state index is -0.438. The van der Waals surface area contributed by atoms with Gasteiger partial charge in [-0.3, -0.25) is 9.59 Å². The average molecular weight is 422 g/mol. The molecular formula is C25H31N3O3. The van der Waals surface area contributed by atoms with Crippen LogP contribution >= 0.6 is 0 Å². The van der Waals surface area contributed by atoms with Crippen LogP contribution in [0, 0.1) is 5.92 Å². The molecule has 2 aromatic rings. The summed E-state index contributed by atoms with van der Waals surface area (Å²) in [6.45, 7) is 4.22. The molecule has 4 rings (SSSR count). The molecule has 6 heteroatoms. The summed E-state index contributed by atoms with van der Waals surface area (Å²) in [6, 6.07) is 12.8. The van der Waals surface area contributed by atoms with Crippen molar-refractivity contribution in [3.8, 4) is 5.88 Å². The summed E-state index contributed by atoms with van der Waals surface area (Å²) in [4.78, 5) is 32.8. The highest BCUT2D eigenvalue weighted by Gasteiger charge is 2.47. The summed E-state index contributed by atoms with van der Waals surface area (Å²) < 4.78 is 5.77. The molecule has 0 bridgehead atoms. The zero-order valence-corrected chi connectivity index (χ0v) is 18.3. The number of benzene rings is 1. The molecule has 1 N–H and O–H groups in total. The first-order valence-corrected chi connectivity index (χ1v) is 11.3. The van der Waals surface area contributed by atoms with Crippen molar-refractivity contribution < 1.29 is 14.3 Å². The molecule has 2 aliphatic rings. The Morgan fingerprint density at radius 1 is 1.13 bits per heavy atom. The van der Waals surface area contributed by atoms with Crippen LogP contribution in [0.4, 0.5) is 0 Å². The van der Waals surface area contributed by atoms with Crippen LogP contribution in [0.25, 0.3) is 0 Å². The number of likely N-dealkylation sites (tertiary alicyclic amines) is 1. The first-order chi connectivity index (χ1) is 15.0. The zero-order chi connectivity index (χ0) is 21.8. The third-order valence-electron chi connectivity index (χ3n) is 6.30. The van der Waals surface area contributed by atoms with Gasteiger partial charge in [-0.1, -0.05) is 37.1 Å².